The second kappa shape index (κ2) is 8.08. The van der Waals surface area contributed by atoms with Gasteiger partial charge in [-0.1, -0.05) is 36.4 Å². The van der Waals surface area contributed by atoms with E-state index in [1.807, 2.05) is 24.3 Å². The molecule has 0 aromatic heterocycles. The zero-order chi connectivity index (χ0) is 17.8. The average molecular weight is 353 g/mol. The van der Waals surface area contributed by atoms with Gasteiger partial charge in [-0.2, -0.15) is 0 Å². The van der Waals surface area contributed by atoms with E-state index in [9.17, 15) is 0 Å². The number of hydrogen-bond donors (Lipinski definition) is 2. The molecule has 0 spiro atoms. The van der Waals surface area contributed by atoms with Crippen molar-refractivity contribution in [2.24, 2.45) is 5.73 Å². The molecule has 2 aromatic rings. The molecular formula is C21H27N3O2. The summed E-state index contributed by atoms with van der Waals surface area (Å²) in [6, 6.07) is 17.2. The molecule has 138 valence electrons. The number of nitrogens with zero attached hydrogens (tertiary/aromatic N) is 1. The lowest BCUT2D eigenvalue weighted by molar-refractivity contribution is 0.0912. The molecule has 0 amide bonds. The minimum absolute atomic E-state index is 0.0444. The Morgan fingerprint density at radius 1 is 1.00 bits per heavy atom. The van der Waals surface area contributed by atoms with E-state index in [0.29, 0.717) is 19.3 Å². The molecule has 1 atom stereocenters. The molecule has 2 heterocycles. The van der Waals surface area contributed by atoms with Gasteiger partial charge < -0.3 is 20.5 Å². The van der Waals surface area contributed by atoms with Crippen LogP contribution >= 0.6 is 0 Å². The van der Waals surface area contributed by atoms with Gasteiger partial charge in [0.1, 0.15) is 6.61 Å². The molecule has 4 rings (SSSR count). The van der Waals surface area contributed by atoms with Gasteiger partial charge in [0.2, 0.25) is 0 Å². The Morgan fingerprint density at radius 3 is 2.46 bits per heavy atom. The molecule has 0 bridgehead atoms. The lowest BCUT2D eigenvalue weighted by atomic mass is 10.0. The van der Waals surface area contributed by atoms with Crippen molar-refractivity contribution in [2.45, 2.75) is 31.5 Å². The average Bonchev–Trinajstić information content (AvgIpc) is 2.70. The molecule has 2 aromatic carbocycles. The van der Waals surface area contributed by atoms with E-state index >= 15 is 0 Å². The largest absolute Gasteiger partial charge is 0.485 e. The number of hydrogen-bond acceptors (Lipinski definition) is 5. The van der Waals surface area contributed by atoms with E-state index in [2.05, 4.69) is 34.5 Å². The fourth-order valence-corrected chi connectivity index (χ4v) is 3.74. The number of fused-ring (bicyclic) bond motifs is 1. The SMILES string of the molecule is NCNC1CCN(Cc2ccc(C3COc4ccccc4O3)cc2)CC1. The van der Waals surface area contributed by atoms with Crippen molar-refractivity contribution in [3.8, 4) is 11.5 Å². The van der Waals surface area contributed by atoms with E-state index in [1.54, 1.807) is 0 Å². The normalized spacial score (nSPS) is 20.9. The molecule has 1 unspecified atom stereocenters. The first-order valence-corrected chi connectivity index (χ1v) is 9.45. The monoisotopic (exact) mass is 353 g/mol. The molecule has 5 nitrogen and oxygen atoms in total. The molecule has 2 aliphatic rings. The van der Waals surface area contributed by atoms with Crippen LogP contribution in [0.4, 0.5) is 0 Å². The van der Waals surface area contributed by atoms with Gasteiger partial charge in [0.15, 0.2) is 17.6 Å². The highest BCUT2D eigenvalue weighted by Crippen LogP contribution is 2.35. The highest BCUT2D eigenvalue weighted by Gasteiger charge is 2.22. The lowest BCUT2D eigenvalue weighted by Gasteiger charge is -2.32. The van der Waals surface area contributed by atoms with Gasteiger partial charge in [-0.15, -0.1) is 0 Å². The summed E-state index contributed by atoms with van der Waals surface area (Å²) in [5.41, 5.74) is 8.08. The van der Waals surface area contributed by atoms with Gasteiger partial charge >= 0.3 is 0 Å². The van der Waals surface area contributed by atoms with Crippen LogP contribution in [0, 0.1) is 0 Å². The van der Waals surface area contributed by atoms with Crippen LogP contribution in [0.25, 0.3) is 0 Å². The molecule has 3 N–H and O–H groups in total. The highest BCUT2D eigenvalue weighted by atomic mass is 16.6. The Hall–Kier alpha value is -2.08. The Balaban J connectivity index is 1.33. The first kappa shape index (κ1) is 17.3. The van der Waals surface area contributed by atoms with Crippen molar-refractivity contribution in [1.29, 1.82) is 0 Å². The quantitative estimate of drug-likeness (QED) is 0.810. The Bertz CT molecular complexity index is 711. The molecule has 1 fully saturated rings. The maximum absolute atomic E-state index is 6.09. The molecule has 26 heavy (non-hydrogen) atoms. The number of benzene rings is 2. The van der Waals surface area contributed by atoms with E-state index in [0.717, 1.165) is 36.7 Å². The van der Waals surface area contributed by atoms with E-state index < -0.39 is 0 Å². The summed E-state index contributed by atoms with van der Waals surface area (Å²) in [6.07, 6.45) is 2.29. The van der Waals surface area contributed by atoms with Gasteiger partial charge in [-0.25, -0.2) is 0 Å². The molecule has 1 saturated heterocycles. The van der Waals surface area contributed by atoms with Crippen molar-refractivity contribution in [1.82, 2.24) is 10.2 Å². The van der Waals surface area contributed by atoms with Crippen LogP contribution in [0.2, 0.25) is 0 Å². The standard InChI is InChI=1S/C21H27N3O2/c22-15-23-18-9-11-24(12-10-18)13-16-5-7-17(8-6-16)21-14-25-19-3-1-2-4-20(19)26-21/h1-8,18,21,23H,9-15,22H2. The van der Waals surface area contributed by atoms with Crippen molar-refractivity contribution >= 4 is 0 Å². The number of rotatable bonds is 5. The van der Waals surface area contributed by atoms with Gasteiger partial charge in [0.05, 0.1) is 0 Å². The fourth-order valence-electron chi connectivity index (χ4n) is 3.74. The van der Waals surface area contributed by atoms with Crippen LogP contribution in [-0.2, 0) is 6.54 Å². The van der Waals surface area contributed by atoms with Crippen LogP contribution in [0.1, 0.15) is 30.1 Å². The summed E-state index contributed by atoms with van der Waals surface area (Å²) in [6.45, 7) is 4.37. The van der Waals surface area contributed by atoms with Crippen LogP contribution in [0.3, 0.4) is 0 Å². The van der Waals surface area contributed by atoms with E-state index in [4.69, 9.17) is 15.2 Å². The number of nitrogens with one attached hydrogen (secondary N) is 1. The number of piperidine rings is 1. The lowest BCUT2D eigenvalue weighted by Crippen LogP contribution is -2.43. The van der Waals surface area contributed by atoms with Gasteiger partial charge in [0, 0.05) is 19.3 Å². The molecule has 0 radical (unpaired) electrons. The maximum Gasteiger partial charge on any atom is 0.162 e. The molecule has 5 heteroatoms. The maximum atomic E-state index is 6.09. The zero-order valence-electron chi connectivity index (χ0n) is 15.1. The minimum Gasteiger partial charge on any atom is -0.485 e. The summed E-state index contributed by atoms with van der Waals surface area (Å²) in [5.74, 6) is 1.65. The molecule has 2 aliphatic heterocycles. The van der Waals surface area contributed by atoms with Crippen molar-refractivity contribution in [2.75, 3.05) is 26.4 Å². The minimum atomic E-state index is -0.0444. The predicted octanol–water partition coefficient (Wildman–Crippen LogP) is 2.67. The number of para-hydroxylation sites is 2. The summed E-state index contributed by atoms with van der Waals surface area (Å²) >= 11 is 0. The third kappa shape index (κ3) is 4.01. The summed E-state index contributed by atoms with van der Waals surface area (Å²) < 4.78 is 11.9. The summed E-state index contributed by atoms with van der Waals surface area (Å²) in [7, 11) is 0. The van der Waals surface area contributed by atoms with Crippen LogP contribution in [-0.4, -0.2) is 37.3 Å². The van der Waals surface area contributed by atoms with E-state index in [1.165, 1.54) is 18.4 Å². The Kier molecular flexibility index (Phi) is 5.39. The van der Waals surface area contributed by atoms with E-state index in [-0.39, 0.29) is 6.10 Å². The molecular weight excluding hydrogens is 326 g/mol. The number of ether oxygens (including phenoxy) is 2. The Morgan fingerprint density at radius 2 is 1.73 bits per heavy atom. The van der Waals surface area contributed by atoms with Gasteiger partial charge in [0.25, 0.3) is 0 Å². The molecule has 0 aliphatic carbocycles. The third-order valence-corrected chi connectivity index (χ3v) is 5.26. The number of nitrogens with two attached hydrogens (primary N) is 1. The zero-order valence-corrected chi connectivity index (χ0v) is 15.1. The highest BCUT2D eigenvalue weighted by molar-refractivity contribution is 5.41. The Labute approximate surface area is 155 Å². The summed E-state index contributed by atoms with van der Waals surface area (Å²) in [4.78, 5) is 2.51. The second-order valence-corrected chi connectivity index (χ2v) is 7.06. The van der Waals surface area contributed by atoms with Gasteiger partial charge in [-0.05, 0) is 49.2 Å². The van der Waals surface area contributed by atoms with Crippen LogP contribution < -0.4 is 20.5 Å². The smallest absolute Gasteiger partial charge is 0.162 e. The third-order valence-electron chi connectivity index (χ3n) is 5.26. The summed E-state index contributed by atoms with van der Waals surface area (Å²) in [5, 5.41) is 3.35. The predicted molar refractivity (Wildman–Crippen MR) is 102 cm³/mol. The first-order valence-electron chi connectivity index (χ1n) is 9.45. The molecule has 0 saturated carbocycles. The van der Waals surface area contributed by atoms with Crippen LogP contribution in [0.5, 0.6) is 11.5 Å². The van der Waals surface area contributed by atoms with Gasteiger partial charge in [-0.3, -0.25) is 4.90 Å². The van der Waals surface area contributed by atoms with Crippen LogP contribution in [0.15, 0.2) is 48.5 Å². The second-order valence-electron chi connectivity index (χ2n) is 7.06. The van der Waals surface area contributed by atoms with Crippen molar-refractivity contribution < 1.29 is 9.47 Å². The number of likely N-dealkylation sites (tertiary alicyclic amines) is 1. The first-order chi connectivity index (χ1) is 12.8. The van der Waals surface area contributed by atoms with Crippen molar-refractivity contribution in [3.05, 3.63) is 59.7 Å². The fraction of sp³-hybridized carbons (Fsp3) is 0.429. The topological polar surface area (TPSA) is 59.8 Å². The van der Waals surface area contributed by atoms with Crippen molar-refractivity contribution in [3.63, 3.8) is 0 Å².